The number of amides is 1. The maximum atomic E-state index is 12.2. The van der Waals surface area contributed by atoms with E-state index in [4.69, 9.17) is 14.2 Å². The number of anilines is 1. The first kappa shape index (κ1) is 18.5. The minimum Gasteiger partial charge on any atom is -0.379 e. The zero-order valence-electron chi connectivity index (χ0n) is 15.6. The summed E-state index contributed by atoms with van der Waals surface area (Å²) < 4.78 is 16.8. The number of nitrogens with zero attached hydrogens (tertiary/aromatic N) is 4. The second kappa shape index (κ2) is 8.47. The van der Waals surface area contributed by atoms with E-state index in [1.807, 2.05) is 6.07 Å². The lowest BCUT2D eigenvalue weighted by atomic mass is 10.0. The molecule has 9 heteroatoms. The Morgan fingerprint density at radius 3 is 2.44 bits per heavy atom. The van der Waals surface area contributed by atoms with Crippen LogP contribution in [0.4, 0.5) is 5.82 Å². The van der Waals surface area contributed by atoms with Gasteiger partial charge in [-0.05, 0) is 12.1 Å². The highest BCUT2D eigenvalue weighted by molar-refractivity contribution is 5.92. The largest absolute Gasteiger partial charge is 0.379 e. The number of rotatable bonds is 5. The summed E-state index contributed by atoms with van der Waals surface area (Å²) in [6.07, 6.45) is 1.64. The molecule has 1 aromatic rings. The molecule has 27 heavy (non-hydrogen) atoms. The summed E-state index contributed by atoms with van der Waals surface area (Å²) >= 11 is 0. The molecule has 0 saturated carbocycles. The van der Waals surface area contributed by atoms with Gasteiger partial charge in [-0.15, -0.1) is 10.2 Å². The summed E-state index contributed by atoms with van der Waals surface area (Å²) in [5, 5.41) is 11.3. The molecule has 1 spiro atoms. The van der Waals surface area contributed by atoms with Crippen molar-refractivity contribution in [1.82, 2.24) is 20.4 Å². The van der Waals surface area contributed by atoms with E-state index >= 15 is 0 Å². The molecule has 0 aromatic carbocycles. The third-order valence-electron chi connectivity index (χ3n) is 5.36. The first-order chi connectivity index (χ1) is 13.2. The molecule has 0 aliphatic carbocycles. The lowest BCUT2D eigenvalue weighted by Crippen LogP contribution is -2.45. The molecule has 0 atom stereocenters. The molecule has 1 amide bonds. The number of hydrogen-bond donors (Lipinski definition) is 1. The summed E-state index contributed by atoms with van der Waals surface area (Å²) in [4.78, 5) is 16.7. The number of carbonyl (C=O) groups excluding carboxylic acids is 1. The summed E-state index contributed by atoms with van der Waals surface area (Å²) in [6.45, 7) is 7.73. The van der Waals surface area contributed by atoms with Crippen LogP contribution in [-0.4, -0.2) is 92.5 Å². The van der Waals surface area contributed by atoms with Crippen molar-refractivity contribution >= 4 is 11.7 Å². The summed E-state index contributed by atoms with van der Waals surface area (Å²) in [7, 11) is 0. The summed E-state index contributed by atoms with van der Waals surface area (Å²) in [5.74, 6) is 0.199. The fourth-order valence-electron chi connectivity index (χ4n) is 3.72. The fraction of sp³-hybridized carbons (Fsp3) is 0.722. The molecule has 3 saturated heterocycles. The molecule has 3 fully saturated rings. The van der Waals surface area contributed by atoms with E-state index in [-0.39, 0.29) is 5.91 Å². The lowest BCUT2D eigenvalue weighted by Gasteiger charge is -2.37. The molecule has 4 rings (SSSR count). The van der Waals surface area contributed by atoms with E-state index in [9.17, 15) is 4.79 Å². The Bertz CT molecular complexity index is 619. The van der Waals surface area contributed by atoms with Crippen LogP contribution in [-0.2, 0) is 14.2 Å². The van der Waals surface area contributed by atoms with Gasteiger partial charge in [0.1, 0.15) is 0 Å². The van der Waals surface area contributed by atoms with E-state index < -0.39 is 5.79 Å². The minimum absolute atomic E-state index is 0.187. The highest BCUT2D eigenvalue weighted by Crippen LogP contribution is 2.32. The zero-order valence-corrected chi connectivity index (χ0v) is 15.6. The van der Waals surface area contributed by atoms with Crippen LogP contribution in [0, 0.1) is 0 Å². The van der Waals surface area contributed by atoms with Gasteiger partial charge in [0.2, 0.25) is 0 Å². The average molecular weight is 377 g/mol. The Morgan fingerprint density at radius 1 is 1.04 bits per heavy atom. The highest BCUT2D eigenvalue weighted by atomic mass is 16.7. The van der Waals surface area contributed by atoms with Crippen LogP contribution in [0.2, 0.25) is 0 Å². The van der Waals surface area contributed by atoms with Crippen LogP contribution in [0.5, 0.6) is 0 Å². The SMILES string of the molecule is O=C(NCCN1CCOCC1)c1ccc(N2CCC3(CC2)OCCO3)nn1. The van der Waals surface area contributed by atoms with Gasteiger partial charge in [-0.1, -0.05) is 0 Å². The van der Waals surface area contributed by atoms with Gasteiger partial charge in [0.25, 0.3) is 5.91 Å². The smallest absolute Gasteiger partial charge is 0.271 e. The van der Waals surface area contributed by atoms with Crippen LogP contribution in [0.25, 0.3) is 0 Å². The van der Waals surface area contributed by atoms with Gasteiger partial charge in [-0.2, -0.15) is 0 Å². The molecule has 1 N–H and O–H groups in total. The van der Waals surface area contributed by atoms with E-state index in [0.29, 0.717) is 25.5 Å². The van der Waals surface area contributed by atoms with E-state index in [0.717, 1.165) is 64.6 Å². The maximum absolute atomic E-state index is 12.2. The van der Waals surface area contributed by atoms with Gasteiger partial charge in [0, 0.05) is 52.1 Å². The van der Waals surface area contributed by atoms with Crippen LogP contribution >= 0.6 is 0 Å². The van der Waals surface area contributed by atoms with Gasteiger partial charge in [-0.3, -0.25) is 9.69 Å². The number of piperidine rings is 1. The Kier molecular flexibility index (Phi) is 5.82. The van der Waals surface area contributed by atoms with Gasteiger partial charge in [-0.25, -0.2) is 0 Å². The van der Waals surface area contributed by atoms with Crippen LogP contribution in [0.15, 0.2) is 12.1 Å². The molecular formula is C18H27N5O4. The third-order valence-corrected chi connectivity index (χ3v) is 5.36. The molecule has 9 nitrogen and oxygen atoms in total. The first-order valence-electron chi connectivity index (χ1n) is 9.69. The molecule has 148 valence electrons. The van der Waals surface area contributed by atoms with Gasteiger partial charge in [0.05, 0.1) is 26.4 Å². The average Bonchev–Trinajstić information content (AvgIpc) is 3.17. The quantitative estimate of drug-likeness (QED) is 0.760. The molecule has 3 aliphatic heterocycles. The van der Waals surface area contributed by atoms with Crippen molar-refractivity contribution in [2.24, 2.45) is 0 Å². The van der Waals surface area contributed by atoms with Gasteiger partial charge >= 0.3 is 0 Å². The second-order valence-electron chi connectivity index (χ2n) is 7.08. The van der Waals surface area contributed by atoms with Gasteiger partial charge < -0.3 is 24.4 Å². The van der Waals surface area contributed by atoms with Crippen molar-refractivity contribution in [3.05, 3.63) is 17.8 Å². The highest BCUT2D eigenvalue weighted by Gasteiger charge is 2.40. The van der Waals surface area contributed by atoms with Crippen LogP contribution < -0.4 is 10.2 Å². The van der Waals surface area contributed by atoms with Crippen molar-refractivity contribution in [2.45, 2.75) is 18.6 Å². The first-order valence-corrected chi connectivity index (χ1v) is 9.69. The molecule has 0 unspecified atom stereocenters. The fourth-order valence-corrected chi connectivity index (χ4v) is 3.72. The van der Waals surface area contributed by atoms with Crippen LogP contribution in [0.1, 0.15) is 23.3 Å². The molecular weight excluding hydrogens is 350 g/mol. The molecule has 3 aliphatic rings. The maximum Gasteiger partial charge on any atom is 0.271 e. The van der Waals surface area contributed by atoms with Crippen molar-refractivity contribution in [3.8, 4) is 0 Å². The van der Waals surface area contributed by atoms with Crippen molar-refractivity contribution in [3.63, 3.8) is 0 Å². The monoisotopic (exact) mass is 377 g/mol. The Labute approximate surface area is 159 Å². The van der Waals surface area contributed by atoms with Crippen molar-refractivity contribution < 1.29 is 19.0 Å². The van der Waals surface area contributed by atoms with E-state index in [1.165, 1.54) is 0 Å². The second-order valence-corrected chi connectivity index (χ2v) is 7.08. The third kappa shape index (κ3) is 4.55. The Hall–Kier alpha value is -1.81. The molecule has 4 heterocycles. The predicted molar refractivity (Wildman–Crippen MR) is 97.7 cm³/mol. The molecule has 1 aromatic heterocycles. The van der Waals surface area contributed by atoms with Gasteiger partial charge in [0.15, 0.2) is 17.3 Å². The number of carbonyl (C=O) groups is 1. The topological polar surface area (TPSA) is 89.1 Å². The minimum atomic E-state index is -0.399. The molecule has 0 bridgehead atoms. The summed E-state index contributed by atoms with van der Waals surface area (Å²) in [5.41, 5.74) is 0.344. The summed E-state index contributed by atoms with van der Waals surface area (Å²) in [6, 6.07) is 3.59. The van der Waals surface area contributed by atoms with E-state index in [2.05, 4.69) is 25.3 Å². The number of aromatic nitrogens is 2. The number of ether oxygens (including phenoxy) is 3. The zero-order chi connectivity index (χ0) is 18.5. The Balaban J connectivity index is 1.24. The number of morpholine rings is 1. The Morgan fingerprint density at radius 2 is 1.78 bits per heavy atom. The number of hydrogen-bond acceptors (Lipinski definition) is 8. The lowest BCUT2D eigenvalue weighted by molar-refractivity contribution is -0.169. The molecule has 0 radical (unpaired) electrons. The number of nitrogens with one attached hydrogen (secondary N) is 1. The standard InChI is InChI=1S/C18H27N5O4/c24-17(19-5-8-22-9-11-25-12-10-22)15-1-2-16(21-20-15)23-6-3-18(4-7-23)26-13-14-27-18/h1-2H,3-14H2,(H,19,24). The van der Waals surface area contributed by atoms with Crippen LogP contribution in [0.3, 0.4) is 0 Å². The predicted octanol–water partition coefficient (Wildman–Crippen LogP) is -0.118. The van der Waals surface area contributed by atoms with Crippen molar-refractivity contribution in [2.75, 3.05) is 70.6 Å². The van der Waals surface area contributed by atoms with E-state index in [1.54, 1.807) is 6.07 Å². The normalized spacial score (nSPS) is 22.9. The van der Waals surface area contributed by atoms with Crippen molar-refractivity contribution in [1.29, 1.82) is 0 Å².